The first-order valence-electron chi connectivity index (χ1n) is 4.79. The molecule has 0 atom stereocenters. The molecule has 0 aromatic carbocycles. The molecule has 1 aliphatic rings. The first-order chi connectivity index (χ1) is 6.34. The van der Waals surface area contributed by atoms with Gasteiger partial charge in [0.05, 0.1) is 5.69 Å². The Morgan fingerprint density at radius 3 is 3.00 bits per heavy atom. The van der Waals surface area contributed by atoms with Gasteiger partial charge in [-0.1, -0.05) is 6.07 Å². The highest BCUT2D eigenvalue weighted by molar-refractivity contribution is 5.43. The maximum atomic E-state index is 4.45. The number of rotatable bonds is 1. The molecule has 1 saturated carbocycles. The summed E-state index contributed by atoms with van der Waals surface area (Å²) in [4.78, 5) is 4.45. The molecule has 2 heteroatoms. The second kappa shape index (κ2) is 2.34. The summed E-state index contributed by atoms with van der Waals surface area (Å²) in [5.74, 6) is 0.789. The number of nitrogens with zero attached hydrogens (tertiary/aromatic N) is 2. The van der Waals surface area contributed by atoms with Crippen LogP contribution in [-0.4, -0.2) is 9.38 Å². The van der Waals surface area contributed by atoms with Crippen LogP contribution in [0.4, 0.5) is 0 Å². The minimum absolute atomic E-state index is 0.789. The Bertz CT molecular complexity index is 452. The van der Waals surface area contributed by atoms with Gasteiger partial charge in [0.15, 0.2) is 0 Å². The maximum absolute atomic E-state index is 4.45. The van der Waals surface area contributed by atoms with Crippen molar-refractivity contribution in [3.05, 3.63) is 35.8 Å². The lowest BCUT2D eigenvalue weighted by atomic mass is 10.2. The molecule has 0 amide bonds. The second-order valence-corrected chi connectivity index (χ2v) is 3.84. The van der Waals surface area contributed by atoms with Crippen molar-refractivity contribution in [2.24, 2.45) is 0 Å². The third-order valence-corrected chi connectivity index (χ3v) is 2.64. The molecular formula is C11H12N2. The Morgan fingerprint density at radius 1 is 1.38 bits per heavy atom. The molecule has 2 heterocycles. The van der Waals surface area contributed by atoms with Crippen molar-refractivity contribution >= 4 is 5.65 Å². The van der Waals surface area contributed by atoms with Gasteiger partial charge in [0.1, 0.15) is 5.65 Å². The molecule has 2 aromatic heterocycles. The van der Waals surface area contributed by atoms with Crippen molar-refractivity contribution in [2.75, 3.05) is 0 Å². The fourth-order valence-electron chi connectivity index (χ4n) is 1.87. The highest BCUT2D eigenvalue weighted by Gasteiger charge is 2.25. The van der Waals surface area contributed by atoms with Crippen LogP contribution in [0.2, 0.25) is 0 Å². The second-order valence-electron chi connectivity index (χ2n) is 3.84. The van der Waals surface area contributed by atoms with Gasteiger partial charge < -0.3 is 4.40 Å². The molecular weight excluding hydrogens is 160 g/mol. The van der Waals surface area contributed by atoms with Crippen LogP contribution in [0.15, 0.2) is 24.4 Å². The number of hydrogen-bond acceptors (Lipinski definition) is 1. The van der Waals surface area contributed by atoms with E-state index in [0.29, 0.717) is 0 Å². The standard InChI is InChI=1S/C11H12N2/c1-8-7-13-10(9-5-6-9)3-2-4-11(13)12-8/h2-4,7,9H,5-6H2,1H3. The Balaban J connectivity index is 2.31. The Kier molecular flexibility index (Phi) is 1.29. The number of hydrogen-bond donors (Lipinski definition) is 0. The van der Waals surface area contributed by atoms with Gasteiger partial charge in [-0.25, -0.2) is 4.98 Å². The van der Waals surface area contributed by atoms with Gasteiger partial charge in [-0.05, 0) is 37.8 Å². The highest BCUT2D eigenvalue weighted by atomic mass is 15.0. The van der Waals surface area contributed by atoms with E-state index in [-0.39, 0.29) is 0 Å². The van der Waals surface area contributed by atoms with E-state index in [9.17, 15) is 0 Å². The van der Waals surface area contributed by atoms with E-state index in [1.54, 1.807) is 0 Å². The van der Waals surface area contributed by atoms with Crippen LogP contribution < -0.4 is 0 Å². The molecule has 1 fully saturated rings. The van der Waals surface area contributed by atoms with Crippen molar-refractivity contribution in [3.63, 3.8) is 0 Å². The van der Waals surface area contributed by atoms with Gasteiger partial charge in [0.2, 0.25) is 0 Å². The molecule has 0 bridgehead atoms. The molecule has 2 aromatic rings. The number of fused-ring (bicyclic) bond motifs is 1. The molecule has 1 aliphatic carbocycles. The Labute approximate surface area is 77.2 Å². The number of pyridine rings is 1. The third-order valence-electron chi connectivity index (χ3n) is 2.64. The molecule has 66 valence electrons. The molecule has 0 spiro atoms. The van der Waals surface area contributed by atoms with E-state index in [1.807, 2.05) is 6.92 Å². The zero-order chi connectivity index (χ0) is 8.84. The van der Waals surface area contributed by atoms with E-state index in [4.69, 9.17) is 0 Å². The van der Waals surface area contributed by atoms with Crippen molar-refractivity contribution in [2.45, 2.75) is 25.7 Å². The van der Waals surface area contributed by atoms with Crippen LogP contribution in [0.3, 0.4) is 0 Å². The van der Waals surface area contributed by atoms with E-state index in [0.717, 1.165) is 17.3 Å². The summed E-state index contributed by atoms with van der Waals surface area (Å²) in [6, 6.07) is 6.39. The van der Waals surface area contributed by atoms with Crippen LogP contribution in [0.1, 0.15) is 30.1 Å². The van der Waals surface area contributed by atoms with E-state index in [2.05, 4.69) is 33.8 Å². The minimum atomic E-state index is 0.789. The van der Waals surface area contributed by atoms with Gasteiger partial charge >= 0.3 is 0 Å². The largest absolute Gasteiger partial charge is 0.304 e. The van der Waals surface area contributed by atoms with Crippen molar-refractivity contribution in [1.82, 2.24) is 9.38 Å². The summed E-state index contributed by atoms with van der Waals surface area (Å²) in [6.07, 6.45) is 4.82. The maximum Gasteiger partial charge on any atom is 0.137 e. The van der Waals surface area contributed by atoms with E-state index < -0.39 is 0 Å². The predicted octanol–water partition coefficient (Wildman–Crippen LogP) is 2.52. The van der Waals surface area contributed by atoms with Crippen molar-refractivity contribution in [1.29, 1.82) is 0 Å². The normalized spacial score (nSPS) is 16.7. The molecule has 0 radical (unpaired) electrons. The lowest BCUT2D eigenvalue weighted by Crippen LogP contribution is -1.92. The smallest absolute Gasteiger partial charge is 0.137 e. The summed E-state index contributed by atoms with van der Waals surface area (Å²) in [5.41, 5.74) is 3.62. The average molecular weight is 172 g/mol. The molecule has 0 saturated heterocycles. The van der Waals surface area contributed by atoms with E-state index in [1.165, 1.54) is 18.5 Å². The van der Waals surface area contributed by atoms with Crippen molar-refractivity contribution in [3.8, 4) is 0 Å². The summed E-state index contributed by atoms with van der Waals surface area (Å²) in [7, 11) is 0. The molecule has 3 rings (SSSR count). The lowest BCUT2D eigenvalue weighted by molar-refractivity contribution is 0.967. The monoisotopic (exact) mass is 172 g/mol. The van der Waals surface area contributed by atoms with E-state index >= 15 is 0 Å². The summed E-state index contributed by atoms with van der Waals surface area (Å²) in [5, 5.41) is 0. The van der Waals surface area contributed by atoms with Crippen LogP contribution in [0.5, 0.6) is 0 Å². The fraction of sp³-hybridized carbons (Fsp3) is 0.364. The van der Waals surface area contributed by atoms with Gasteiger partial charge in [-0.2, -0.15) is 0 Å². The van der Waals surface area contributed by atoms with Crippen LogP contribution in [0.25, 0.3) is 5.65 Å². The predicted molar refractivity (Wildman–Crippen MR) is 51.9 cm³/mol. The van der Waals surface area contributed by atoms with Gasteiger partial charge in [0.25, 0.3) is 0 Å². The topological polar surface area (TPSA) is 17.3 Å². The van der Waals surface area contributed by atoms with Crippen LogP contribution in [-0.2, 0) is 0 Å². The molecule has 0 N–H and O–H groups in total. The highest BCUT2D eigenvalue weighted by Crippen LogP contribution is 2.39. The van der Waals surface area contributed by atoms with Gasteiger partial charge in [-0.3, -0.25) is 0 Å². The first-order valence-corrected chi connectivity index (χ1v) is 4.79. The molecule has 0 unspecified atom stereocenters. The zero-order valence-electron chi connectivity index (χ0n) is 7.70. The Hall–Kier alpha value is -1.31. The third kappa shape index (κ3) is 1.05. The number of aromatic nitrogens is 2. The van der Waals surface area contributed by atoms with Crippen LogP contribution in [0, 0.1) is 6.92 Å². The van der Waals surface area contributed by atoms with Gasteiger partial charge in [-0.15, -0.1) is 0 Å². The van der Waals surface area contributed by atoms with Crippen LogP contribution >= 0.6 is 0 Å². The molecule has 0 aliphatic heterocycles. The average Bonchev–Trinajstić information content (AvgIpc) is 2.86. The fourth-order valence-corrected chi connectivity index (χ4v) is 1.87. The molecule has 13 heavy (non-hydrogen) atoms. The number of aryl methyl sites for hydroxylation is 1. The quantitative estimate of drug-likeness (QED) is 0.646. The molecule has 2 nitrogen and oxygen atoms in total. The first kappa shape index (κ1) is 7.13. The summed E-state index contributed by atoms with van der Waals surface area (Å²) >= 11 is 0. The van der Waals surface area contributed by atoms with Crippen molar-refractivity contribution < 1.29 is 0 Å². The summed E-state index contributed by atoms with van der Waals surface area (Å²) in [6.45, 7) is 2.05. The number of imidazole rings is 1. The van der Waals surface area contributed by atoms with Gasteiger partial charge in [0, 0.05) is 11.9 Å². The summed E-state index contributed by atoms with van der Waals surface area (Å²) < 4.78 is 2.23. The Morgan fingerprint density at radius 2 is 2.23 bits per heavy atom. The minimum Gasteiger partial charge on any atom is -0.304 e. The zero-order valence-corrected chi connectivity index (χ0v) is 7.70. The SMILES string of the molecule is Cc1cn2c(C3CC3)cccc2n1. The lowest BCUT2D eigenvalue weighted by Gasteiger charge is -2.01.